The van der Waals surface area contributed by atoms with Gasteiger partial charge in [0.05, 0.1) is 0 Å². The molecule has 0 aliphatic carbocycles. The molecule has 106 valence electrons. The summed E-state index contributed by atoms with van der Waals surface area (Å²) in [6.45, 7) is 9.64. The number of nitrogens with zero attached hydrogens (tertiary/aromatic N) is 1. The number of hydrogen-bond acceptors (Lipinski definition) is 3. The lowest BCUT2D eigenvalue weighted by Crippen LogP contribution is -2.42. The molecule has 0 spiro atoms. The summed E-state index contributed by atoms with van der Waals surface area (Å²) in [5, 5.41) is 3.51. The molecule has 1 unspecified atom stereocenters. The summed E-state index contributed by atoms with van der Waals surface area (Å²) in [5.74, 6) is 1.06. The molecule has 0 fully saturated rings. The maximum absolute atomic E-state index is 5.96. The van der Waals surface area contributed by atoms with E-state index in [0.29, 0.717) is 6.10 Å². The molecule has 0 radical (unpaired) electrons. The van der Waals surface area contributed by atoms with Crippen molar-refractivity contribution in [2.45, 2.75) is 38.8 Å². The molecule has 2 rings (SSSR count). The smallest absolute Gasteiger partial charge is 0.123 e. The minimum absolute atomic E-state index is 0.195. The molecule has 3 heteroatoms. The van der Waals surface area contributed by atoms with E-state index in [0.717, 1.165) is 31.8 Å². The van der Waals surface area contributed by atoms with Crippen LogP contribution in [0.25, 0.3) is 0 Å². The minimum Gasteiger partial charge on any atom is -0.488 e. The first-order valence-electron chi connectivity index (χ1n) is 7.12. The largest absolute Gasteiger partial charge is 0.488 e. The van der Waals surface area contributed by atoms with Gasteiger partial charge >= 0.3 is 0 Å². The predicted octanol–water partition coefficient (Wildman–Crippen LogP) is 2.31. The average molecular weight is 262 g/mol. The standard InChI is InChI=1S/C16H26N2O/c1-16(2,3)17-9-10-18(4)12-14-11-13-7-5-6-8-15(13)19-14/h5-8,14,17H,9-12H2,1-4H3. The highest BCUT2D eigenvalue weighted by Crippen LogP contribution is 2.28. The Hall–Kier alpha value is -1.06. The third-order valence-corrected chi connectivity index (χ3v) is 3.38. The van der Waals surface area contributed by atoms with Gasteiger partial charge in [0.1, 0.15) is 11.9 Å². The molecule has 0 bridgehead atoms. The average Bonchev–Trinajstić information content (AvgIpc) is 2.68. The quantitative estimate of drug-likeness (QED) is 0.881. The monoisotopic (exact) mass is 262 g/mol. The van der Waals surface area contributed by atoms with E-state index >= 15 is 0 Å². The first-order chi connectivity index (χ1) is 8.94. The maximum Gasteiger partial charge on any atom is 0.123 e. The summed E-state index contributed by atoms with van der Waals surface area (Å²) < 4.78 is 5.96. The van der Waals surface area contributed by atoms with E-state index in [1.807, 2.05) is 6.07 Å². The van der Waals surface area contributed by atoms with Crippen molar-refractivity contribution < 1.29 is 4.74 Å². The molecule has 1 aromatic rings. The summed E-state index contributed by atoms with van der Waals surface area (Å²) in [7, 11) is 2.16. The lowest BCUT2D eigenvalue weighted by molar-refractivity contribution is 0.167. The zero-order chi connectivity index (χ0) is 13.9. The molecule has 1 aliphatic heterocycles. The van der Waals surface area contributed by atoms with E-state index in [1.54, 1.807) is 0 Å². The summed E-state index contributed by atoms with van der Waals surface area (Å²) in [5.41, 5.74) is 1.54. The molecule has 1 heterocycles. The normalized spacial score (nSPS) is 18.5. The lowest BCUT2D eigenvalue weighted by Gasteiger charge is -2.25. The van der Waals surface area contributed by atoms with Gasteiger partial charge in [-0.25, -0.2) is 0 Å². The van der Waals surface area contributed by atoms with Gasteiger partial charge < -0.3 is 15.0 Å². The second kappa shape index (κ2) is 5.93. The number of likely N-dealkylation sites (N-methyl/N-ethyl adjacent to an activating group) is 1. The molecule has 1 aliphatic rings. The van der Waals surface area contributed by atoms with Crippen molar-refractivity contribution in [3.8, 4) is 5.75 Å². The van der Waals surface area contributed by atoms with Crippen LogP contribution in [0.15, 0.2) is 24.3 Å². The van der Waals surface area contributed by atoms with Crippen molar-refractivity contribution in [3.63, 3.8) is 0 Å². The first kappa shape index (κ1) is 14.4. The zero-order valence-corrected chi connectivity index (χ0v) is 12.6. The van der Waals surface area contributed by atoms with Gasteiger partial charge in [-0.2, -0.15) is 0 Å². The van der Waals surface area contributed by atoms with E-state index in [1.165, 1.54) is 5.56 Å². The highest BCUT2D eigenvalue weighted by Gasteiger charge is 2.23. The molecule has 19 heavy (non-hydrogen) atoms. The van der Waals surface area contributed by atoms with Gasteiger partial charge in [0.2, 0.25) is 0 Å². The molecule has 0 aromatic heterocycles. The molecule has 1 N–H and O–H groups in total. The van der Waals surface area contributed by atoms with Crippen LogP contribution in [-0.2, 0) is 6.42 Å². The van der Waals surface area contributed by atoms with Crippen LogP contribution in [0.2, 0.25) is 0 Å². The number of fused-ring (bicyclic) bond motifs is 1. The van der Waals surface area contributed by atoms with Crippen LogP contribution in [0.4, 0.5) is 0 Å². The van der Waals surface area contributed by atoms with Gasteiger partial charge in [-0.05, 0) is 39.4 Å². The van der Waals surface area contributed by atoms with Gasteiger partial charge in [-0.3, -0.25) is 0 Å². The van der Waals surface area contributed by atoms with Crippen LogP contribution >= 0.6 is 0 Å². The van der Waals surface area contributed by atoms with E-state index in [4.69, 9.17) is 4.74 Å². The fraction of sp³-hybridized carbons (Fsp3) is 0.625. The third-order valence-electron chi connectivity index (χ3n) is 3.38. The van der Waals surface area contributed by atoms with Gasteiger partial charge in [0, 0.05) is 31.6 Å². The Morgan fingerprint density at radius 2 is 2.05 bits per heavy atom. The van der Waals surface area contributed by atoms with Crippen molar-refractivity contribution in [1.82, 2.24) is 10.2 Å². The van der Waals surface area contributed by atoms with Crippen molar-refractivity contribution in [1.29, 1.82) is 0 Å². The summed E-state index contributed by atoms with van der Waals surface area (Å²) in [6.07, 6.45) is 1.34. The van der Waals surface area contributed by atoms with E-state index < -0.39 is 0 Å². The third kappa shape index (κ3) is 4.51. The number of rotatable bonds is 5. The fourth-order valence-electron chi connectivity index (χ4n) is 2.42. The Kier molecular flexibility index (Phi) is 4.48. The number of ether oxygens (including phenoxy) is 1. The highest BCUT2D eigenvalue weighted by atomic mass is 16.5. The predicted molar refractivity (Wildman–Crippen MR) is 79.8 cm³/mol. The highest BCUT2D eigenvalue weighted by molar-refractivity contribution is 5.37. The van der Waals surface area contributed by atoms with E-state index in [-0.39, 0.29) is 5.54 Å². The van der Waals surface area contributed by atoms with Crippen molar-refractivity contribution in [3.05, 3.63) is 29.8 Å². The Bertz CT molecular complexity index is 386. The summed E-state index contributed by atoms with van der Waals surface area (Å²) in [6, 6.07) is 8.35. The van der Waals surface area contributed by atoms with Crippen LogP contribution in [0.5, 0.6) is 5.75 Å². The molecule has 3 nitrogen and oxygen atoms in total. The molecule has 0 saturated carbocycles. The number of para-hydroxylation sites is 1. The van der Waals surface area contributed by atoms with Gasteiger partial charge in [-0.15, -0.1) is 0 Å². The minimum atomic E-state index is 0.195. The second-order valence-corrected chi connectivity index (χ2v) is 6.49. The van der Waals surface area contributed by atoms with Crippen LogP contribution in [-0.4, -0.2) is 43.2 Å². The van der Waals surface area contributed by atoms with Crippen LogP contribution in [0, 0.1) is 0 Å². The van der Waals surface area contributed by atoms with Gasteiger partial charge in [-0.1, -0.05) is 18.2 Å². The zero-order valence-electron chi connectivity index (χ0n) is 12.6. The van der Waals surface area contributed by atoms with E-state index in [2.05, 4.69) is 56.2 Å². The number of benzene rings is 1. The van der Waals surface area contributed by atoms with Crippen LogP contribution in [0.3, 0.4) is 0 Å². The molecular weight excluding hydrogens is 236 g/mol. The Morgan fingerprint density at radius 3 is 2.74 bits per heavy atom. The topological polar surface area (TPSA) is 24.5 Å². The first-order valence-corrected chi connectivity index (χ1v) is 7.12. The molecule has 1 aromatic carbocycles. The van der Waals surface area contributed by atoms with Crippen molar-refractivity contribution in [2.24, 2.45) is 0 Å². The summed E-state index contributed by atoms with van der Waals surface area (Å²) in [4.78, 5) is 2.34. The lowest BCUT2D eigenvalue weighted by atomic mass is 10.1. The Morgan fingerprint density at radius 1 is 1.32 bits per heavy atom. The van der Waals surface area contributed by atoms with Gasteiger partial charge in [0.25, 0.3) is 0 Å². The van der Waals surface area contributed by atoms with Crippen LogP contribution < -0.4 is 10.1 Å². The summed E-state index contributed by atoms with van der Waals surface area (Å²) >= 11 is 0. The molecular formula is C16H26N2O. The van der Waals surface area contributed by atoms with Gasteiger partial charge in [0.15, 0.2) is 0 Å². The Labute approximate surface area is 116 Å². The number of hydrogen-bond donors (Lipinski definition) is 1. The van der Waals surface area contributed by atoms with Crippen molar-refractivity contribution >= 4 is 0 Å². The fourth-order valence-corrected chi connectivity index (χ4v) is 2.42. The molecule has 0 amide bonds. The van der Waals surface area contributed by atoms with Crippen molar-refractivity contribution in [2.75, 3.05) is 26.7 Å². The number of nitrogens with one attached hydrogen (secondary N) is 1. The van der Waals surface area contributed by atoms with Crippen LogP contribution in [0.1, 0.15) is 26.3 Å². The Balaban J connectivity index is 1.72. The molecule has 0 saturated heterocycles. The molecule has 1 atom stereocenters. The SMILES string of the molecule is CN(CCNC(C)(C)C)CC1Cc2ccccc2O1. The van der Waals surface area contributed by atoms with E-state index in [9.17, 15) is 0 Å². The maximum atomic E-state index is 5.96. The second-order valence-electron chi connectivity index (χ2n) is 6.49.